The number of rotatable bonds is 24. The number of carbonyl (C=O) groups excluding carboxylic acids is 6. The maximum Gasteiger partial charge on any atom is 0.407 e. The highest BCUT2D eigenvalue weighted by molar-refractivity contribution is 8.13. The third-order valence-corrected chi connectivity index (χ3v) is 12.1. The molecule has 5 aromatic rings. The molecule has 544 valence electrons. The van der Waals surface area contributed by atoms with E-state index in [1.807, 2.05) is 135 Å². The molecule has 31 heteroatoms. The van der Waals surface area contributed by atoms with E-state index >= 15 is 0 Å². The summed E-state index contributed by atoms with van der Waals surface area (Å²) in [5.41, 5.74) is 18.6. The SMILES string of the molecule is C.C.C.CC.CC(CCF)(CN=[N+]=[N-])NC(=O)OCc1ccccc1.CC(CN)(CCF)NC(=O)OCc1ccccc1.CC(CO)(CCF)NC(=O)OCc1ccccc1.CC(N)(CCF)C(=O)O.CS(=O)(=O)Cl.O=C(Cl)OCc1ccccc1.O=C1NC(=O)c2ccccc21. The number of halogens is 6. The highest BCUT2D eigenvalue weighted by atomic mass is 35.7. The Hall–Kier alpha value is -8.57. The largest absolute Gasteiger partial charge is 0.480 e. The Morgan fingerprint density at radius 3 is 1.11 bits per heavy atom. The first kappa shape index (κ1) is 97.1. The van der Waals surface area contributed by atoms with Crippen LogP contribution >= 0.6 is 22.3 Å². The van der Waals surface area contributed by atoms with Crippen LogP contribution in [0.15, 0.2) is 151 Å². The number of carboxylic acid groups (broad SMARTS) is 1. The lowest BCUT2D eigenvalue weighted by molar-refractivity contribution is -0.143. The summed E-state index contributed by atoms with van der Waals surface area (Å²) in [5, 5.41) is 30.6. The predicted octanol–water partition coefficient (Wildman–Crippen LogP) is 13.8. The highest BCUT2D eigenvalue weighted by Crippen LogP contribution is 2.16. The number of hydrogen-bond donors (Lipinski definition) is 8. The Morgan fingerprint density at radius 1 is 0.567 bits per heavy atom. The van der Waals surface area contributed by atoms with Crippen molar-refractivity contribution in [3.8, 4) is 0 Å². The number of nitrogens with one attached hydrogen (secondary N) is 4. The van der Waals surface area contributed by atoms with Crippen molar-refractivity contribution < 1.29 is 88.7 Å². The molecule has 1 aliphatic rings. The lowest BCUT2D eigenvalue weighted by Crippen LogP contribution is -2.51. The quantitative estimate of drug-likeness (QED) is 0.00541. The summed E-state index contributed by atoms with van der Waals surface area (Å²) in [4.78, 5) is 79.5. The van der Waals surface area contributed by atoms with Gasteiger partial charge in [-0.2, -0.15) is 0 Å². The minimum Gasteiger partial charge on any atom is -0.480 e. The van der Waals surface area contributed by atoms with Crippen molar-refractivity contribution in [2.45, 2.75) is 138 Å². The predicted molar refractivity (Wildman–Crippen MR) is 370 cm³/mol. The molecule has 0 aliphatic carbocycles. The molecule has 0 bridgehead atoms. The van der Waals surface area contributed by atoms with Gasteiger partial charge in [-0.25, -0.2) is 27.6 Å². The van der Waals surface area contributed by atoms with E-state index in [4.69, 9.17) is 53.0 Å². The van der Waals surface area contributed by atoms with E-state index < -0.39 is 87.6 Å². The molecule has 24 nitrogen and oxygen atoms in total. The van der Waals surface area contributed by atoms with Crippen LogP contribution in [0.5, 0.6) is 0 Å². The Labute approximate surface area is 576 Å². The van der Waals surface area contributed by atoms with Crippen molar-refractivity contribution in [2.75, 3.05) is 52.7 Å². The third-order valence-electron chi connectivity index (χ3n) is 12.0. The van der Waals surface area contributed by atoms with Gasteiger partial charge < -0.3 is 56.6 Å². The highest BCUT2D eigenvalue weighted by Gasteiger charge is 2.29. The summed E-state index contributed by atoms with van der Waals surface area (Å²) >= 11 is 4.97. The number of fused-ring (bicyclic) bond motifs is 1. The molecule has 5 amide bonds. The normalized spacial score (nSPS) is 12.7. The molecule has 0 spiro atoms. The number of imide groups is 1. The molecular formula is C66H97Cl2F4N9O15S. The summed E-state index contributed by atoms with van der Waals surface area (Å²) in [6, 6.07) is 43.8. The van der Waals surface area contributed by atoms with Crippen LogP contribution in [0.25, 0.3) is 10.4 Å². The smallest absolute Gasteiger partial charge is 0.407 e. The Kier molecular flexibility index (Phi) is 54.6. The van der Waals surface area contributed by atoms with E-state index in [-0.39, 0.29) is 106 Å². The van der Waals surface area contributed by atoms with E-state index in [1.54, 1.807) is 45.0 Å². The molecule has 1 aliphatic heterocycles. The second-order valence-electron chi connectivity index (χ2n) is 20.5. The van der Waals surface area contributed by atoms with E-state index in [1.165, 1.54) is 6.92 Å². The number of azide groups is 1. The van der Waals surface area contributed by atoms with Crippen LogP contribution in [0.3, 0.4) is 0 Å². The van der Waals surface area contributed by atoms with Crippen LogP contribution in [0.1, 0.15) is 132 Å². The Balaban J connectivity index is -0.000000346. The molecule has 6 rings (SSSR count). The van der Waals surface area contributed by atoms with Gasteiger partial charge in [-0.05, 0) is 80.5 Å². The molecule has 0 radical (unpaired) electrons. The summed E-state index contributed by atoms with van der Waals surface area (Å²) in [6.07, 6.45) is -0.862. The molecule has 1 heterocycles. The van der Waals surface area contributed by atoms with Gasteiger partial charge in [0.05, 0.1) is 61.8 Å². The summed E-state index contributed by atoms with van der Waals surface area (Å²) < 4.78 is 87.0. The van der Waals surface area contributed by atoms with Gasteiger partial charge in [0.1, 0.15) is 32.0 Å². The molecule has 10 N–H and O–H groups in total. The number of nitrogens with zero attached hydrogens (tertiary/aromatic N) is 3. The first-order valence-corrected chi connectivity index (χ1v) is 31.7. The van der Waals surface area contributed by atoms with Crippen LogP contribution in [0.4, 0.5) is 36.7 Å². The number of carbonyl (C=O) groups is 7. The zero-order valence-corrected chi connectivity index (χ0v) is 55.7. The molecular weight excluding hydrogens is 1340 g/mol. The maximum absolute atomic E-state index is 12.5. The number of carboxylic acids is 1. The number of alkyl carbamates (subject to hydrolysis) is 3. The van der Waals surface area contributed by atoms with Gasteiger partial charge in [0, 0.05) is 58.7 Å². The number of aliphatic hydroxyl groups is 1. The number of hydrogen-bond acceptors (Lipinski definition) is 17. The molecule has 0 saturated carbocycles. The van der Waals surface area contributed by atoms with Crippen molar-refractivity contribution in [3.05, 3.63) is 189 Å². The van der Waals surface area contributed by atoms with Gasteiger partial charge >= 0.3 is 29.7 Å². The van der Waals surface area contributed by atoms with Gasteiger partial charge in [-0.1, -0.05) is 175 Å². The van der Waals surface area contributed by atoms with Crippen LogP contribution in [-0.4, -0.2) is 135 Å². The number of aliphatic carboxylic acids is 1. The fourth-order valence-corrected chi connectivity index (χ4v) is 6.60. The Morgan fingerprint density at radius 2 is 0.845 bits per heavy atom. The minimum absolute atomic E-state index is 0. The first-order valence-electron chi connectivity index (χ1n) is 28.6. The fourth-order valence-electron chi connectivity index (χ4n) is 6.54. The molecule has 0 saturated heterocycles. The van der Waals surface area contributed by atoms with E-state index in [9.17, 15) is 59.5 Å². The van der Waals surface area contributed by atoms with Gasteiger partial charge in [0.2, 0.25) is 9.05 Å². The van der Waals surface area contributed by atoms with Crippen molar-refractivity contribution in [3.63, 3.8) is 0 Å². The number of benzene rings is 5. The van der Waals surface area contributed by atoms with E-state index in [2.05, 4.69) is 46.7 Å². The molecule has 0 aromatic heterocycles. The van der Waals surface area contributed by atoms with Crippen molar-refractivity contribution >= 4 is 72.8 Å². The molecule has 4 unspecified atom stereocenters. The second kappa shape index (κ2) is 54.5. The van der Waals surface area contributed by atoms with Gasteiger partial charge in [0.25, 0.3) is 11.8 Å². The van der Waals surface area contributed by atoms with Crippen LogP contribution < -0.4 is 32.7 Å². The monoisotopic (exact) mass is 1430 g/mol. The summed E-state index contributed by atoms with van der Waals surface area (Å²) in [5.74, 6) is -1.77. The summed E-state index contributed by atoms with van der Waals surface area (Å²) in [7, 11) is 1.31. The minimum atomic E-state index is -3.19. The Bertz CT molecular complexity index is 3050. The number of ether oxygens (including phenoxy) is 4. The molecule has 97 heavy (non-hydrogen) atoms. The zero-order chi connectivity index (χ0) is 71.7. The second-order valence-corrected chi connectivity index (χ2v) is 23.8. The van der Waals surface area contributed by atoms with Crippen molar-refractivity contribution in [2.24, 2.45) is 16.6 Å². The summed E-state index contributed by atoms with van der Waals surface area (Å²) in [6.45, 7) is 8.16. The van der Waals surface area contributed by atoms with E-state index in [0.717, 1.165) is 28.5 Å². The van der Waals surface area contributed by atoms with Gasteiger partial charge in [-0.3, -0.25) is 37.3 Å². The van der Waals surface area contributed by atoms with E-state index in [0.29, 0.717) is 11.1 Å². The molecule has 0 fully saturated rings. The first-order chi connectivity index (χ1) is 44.4. The average Bonchev–Trinajstić information content (AvgIpc) is 1.69. The van der Waals surface area contributed by atoms with Crippen LogP contribution in [-0.2, 0) is 59.2 Å². The molecule has 4 atom stereocenters. The lowest BCUT2D eigenvalue weighted by Gasteiger charge is -2.27. The topological polar surface area (TPSA) is 380 Å². The number of amides is 5. The number of aliphatic hydroxyl groups excluding tert-OH is 1. The van der Waals surface area contributed by atoms with Gasteiger partial charge in [0.15, 0.2) is 0 Å². The van der Waals surface area contributed by atoms with Crippen LogP contribution in [0, 0.1) is 0 Å². The maximum atomic E-state index is 12.5. The number of alkyl halides is 4. The average molecular weight is 1440 g/mol. The zero-order valence-electron chi connectivity index (χ0n) is 53.3. The third kappa shape index (κ3) is 48.7. The lowest BCUT2D eigenvalue weighted by atomic mass is 9.99. The number of nitrogens with two attached hydrogens (primary N) is 2. The van der Waals surface area contributed by atoms with Crippen molar-refractivity contribution in [1.29, 1.82) is 0 Å². The van der Waals surface area contributed by atoms with Crippen LogP contribution in [0.2, 0.25) is 0 Å². The van der Waals surface area contributed by atoms with Gasteiger partial charge in [-0.15, -0.1) is 0 Å². The standard InChI is InChI=1S/C13H17FN4O2.C13H19FN2O2.C13H18FNO3.C8H7ClO2.C8H5NO2.C5H10FNO2.C2H6.CH3ClO2S.3CH4/c1-13(7-8-14,10-16-18-15)17-12(19)20-9-11-5-3-2-4-6-11;1-13(10-15,7-8-14)16-12(17)18-9-11-5-3-2-4-6-11;1-13(10-16,7-8-14)15-12(17)18-9-11-5-3-2-4-6-11;9-8(10)11-6-7-4-2-1-3-5-7;10-7-5-3-1-2-4-6(5)8(11)9-7;1-5(7,2-3-6)4(8)9;1-2;1-5(2,3)4;;;/h2-6H,7-10H2,1H3,(H,17,19);2-6H,7-10,15H2,1H3,(H,16,17);2-6,16H,7-10H2,1H3,(H,15,17);1-5H,6H2;1-4H,(H,9,10,11);2-3,7H2,1H3,(H,8,9);1-2H3;1H3;3*1H4. The fraction of sp³-hybridized carbons (Fsp3) is 0.439. The molecule has 5 aromatic carbocycles. The van der Waals surface area contributed by atoms with Crippen molar-refractivity contribution in [1.82, 2.24) is 21.3 Å².